The molecule has 0 aliphatic carbocycles. The third kappa shape index (κ3) is 5.24. The van der Waals surface area contributed by atoms with Crippen molar-refractivity contribution in [2.24, 2.45) is 0 Å². The van der Waals surface area contributed by atoms with Crippen LogP contribution in [0.25, 0.3) is 11.0 Å². The molecule has 3 aromatic rings. The number of fused-ring (bicyclic) bond motifs is 1. The van der Waals surface area contributed by atoms with Crippen molar-refractivity contribution in [2.45, 2.75) is 29.8 Å². The molecule has 0 amide bonds. The minimum Gasteiger partial charge on any atom is -0.743 e. The zero-order valence-electron chi connectivity index (χ0n) is 16.5. The second kappa shape index (κ2) is 9.37. The van der Waals surface area contributed by atoms with Gasteiger partial charge in [0.25, 0.3) is 0 Å². The van der Waals surface area contributed by atoms with Crippen LogP contribution in [0.4, 0.5) is 39.5 Å². The first-order valence-corrected chi connectivity index (χ1v) is 10.3. The Morgan fingerprint density at radius 3 is 1.85 bits per heavy atom. The molecule has 1 aromatic heterocycles. The predicted octanol–water partition coefficient (Wildman–Crippen LogP) is 4.53. The number of benzene rings is 2. The van der Waals surface area contributed by atoms with Crippen molar-refractivity contribution >= 4 is 21.2 Å². The lowest BCUT2D eigenvalue weighted by atomic mass is 10.1. The van der Waals surface area contributed by atoms with Gasteiger partial charge in [-0.15, -0.1) is 0 Å². The van der Waals surface area contributed by atoms with Gasteiger partial charge >= 0.3 is 23.3 Å². The number of hydrogen-bond donors (Lipinski definition) is 0. The number of halogens is 9. The Kier molecular flexibility index (Phi) is 7.52. The van der Waals surface area contributed by atoms with Gasteiger partial charge in [-0.2, -0.15) is 44.1 Å². The van der Waals surface area contributed by atoms with Gasteiger partial charge in [0.05, 0.1) is 6.20 Å². The van der Waals surface area contributed by atoms with Crippen molar-refractivity contribution in [3.05, 3.63) is 72.6 Å². The van der Waals surface area contributed by atoms with Gasteiger partial charge in [0, 0.05) is 11.6 Å². The molecule has 0 saturated heterocycles. The van der Waals surface area contributed by atoms with Gasteiger partial charge in [-0.05, 0) is 6.07 Å². The van der Waals surface area contributed by atoms with E-state index in [1.54, 1.807) is 0 Å². The molecule has 0 bridgehead atoms. The first kappa shape index (κ1) is 27.3. The van der Waals surface area contributed by atoms with Crippen LogP contribution in [-0.4, -0.2) is 41.2 Å². The van der Waals surface area contributed by atoms with Crippen molar-refractivity contribution in [3.63, 3.8) is 0 Å². The van der Waals surface area contributed by atoms with Crippen LogP contribution in [0.2, 0.25) is 0 Å². The molecule has 0 radical (unpaired) electrons. The average Bonchev–Trinajstić information content (AvgIpc) is 2.73. The molecule has 0 fully saturated rings. The monoisotopic (exact) mass is 520 g/mol. The van der Waals surface area contributed by atoms with Crippen molar-refractivity contribution in [2.75, 3.05) is 0 Å². The molecule has 0 N–H and O–H groups in total. The number of nitrogens with zero attached hydrogens (tertiary/aromatic N) is 2. The Hall–Kier alpha value is -2.94. The summed E-state index contributed by atoms with van der Waals surface area (Å²) in [6, 6.07) is 18.7. The minimum atomic E-state index is -7.43. The molecular weight excluding hydrogens is 507 g/mol. The highest BCUT2D eigenvalue weighted by Crippen LogP contribution is 2.54. The number of para-hydroxylation sites is 2. The molecule has 5 nitrogen and oxygen atoms in total. The quantitative estimate of drug-likeness (QED) is 0.282. The van der Waals surface area contributed by atoms with Crippen LogP contribution in [0.3, 0.4) is 0 Å². The van der Waals surface area contributed by atoms with Crippen molar-refractivity contribution in [1.82, 2.24) is 4.98 Å². The molecule has 0 atom stereocenters. The zero-order chi connectivity index (χ0) is 26.0. The summed E-state index contributed by atoms with van der Waals surface area (Å²) >= 11 is 0. The van der Waals surface area contributed by atoms with E-state index in [2.05, 4.69) is 39.9 Å². The Morgan fingerprint density at radius 2 is 1.32 bits per heavy atom. The summed E-state index contributed by atoms with van der Waals surface area (Å²) in [5, 5.41) is -7.11. The fourth-order valence-corrected chi connectivity index (χ4v) is 2.97. The van der Waals surface area contributed by atoms with Crippen molar-refractivity contribution < 1.29 is 57.1 Å². The van der Waals surface area contributed by atoms with E-state index in [1.165, 1.54) is 11.1 Å². The number of aromatic nitrogens is 2. The lowest BCUT2D eigenvalue weighted by molar-refractivity contribution is -0.662. The van der Waals surface area contributed by atoms with E-state index in [0.29, 0.717) is 0 Å². The van der Waals surface area contributed by atoms with E-state index in [4.69, 9.17) is 0 Å². The van der Waals surface area contributed by atoms with Gasteiger partial charge in [-0.1, -0.05) is 42.5 Å². The largest absolute Gasteiger partial charge is 0.743 e. The van der Waals surface area contributed by atoms with Gasteiger partial charge in [-0.25, -0.2) is 13.4 Å². The predicted molar refractivity (Wildman–Crippen MR) is 98.1 cm³/mol. The summed E-state index contributed by atoms with van der Waals surface area (Å²) in [6.45, 7) is 0.879. The Labute approximate surface area is 186 Å². The zero-order valence-corrected chi connectivity index (χ0v) is 17.3. The number of alkyl halides is 9. The summed E-state index contributed by atoms with van der Waals surface area (Å²) in [6.07, 6.45) is -3.29. The molecular formula is C19H13F9N2O3S. The maximum absolute atomic E-state index is 12.2. The van der Waals surface area contributed by atoms with Gasteiger partial charge in [0.1, 0.15) is 5.52 Å². The van der Waals surface area contributed by atoms with E-state index >= 15 is 0 Å². The lowest BCUT2D eigenvalue weighted by Gasteiger charge is -2.34. The van der Waals surface area contributed by atoms with Crippen LogP contribution in [0, 0.1) is 0 Å². The first-order chi connectivity index (χ1) is 15.4. The molecule has 0 unspecified atom stereocenters. The van der Waals surface area contributed by atoms with Gasteiger partial charge in [0.15, 0.2) is 22.9 Å². The van der Waals surface area contributed by atoms with Crippen LogP contribution in [-0.2, 0) is 16.7 Å². The summed E-state index contributed by atoms with van der Waals surface area (Å²) in [5.74, 6) is -14.8. The SMILES string of the molecule is O=S(=O)([O-])C(F)(F)C(F)(F)C(F)(F)C(F)(F)F.c1ccc(C[n+]2ccnc3ccccc32)cc1. The summed E-state index contributed by atoms with van der Waals surface area (Å²) in [7, 11) is -7.42. The molecule has 186 valence electrons. The summed E-state index contributed by atoms with van der Waals surface area (Å²) in [5.41, 5.74) is 3.50. The molecule has 0 aliphatic heterocycles. The van der Waals surface area contributed by atoms with Crippen molar-refractivity contribution in [3.8, 4) is 0 Å². The van der Waals surface area contributed by atoms with Crippen molar-refractivity contribution in [1.29, 1.82) is 0 Å². The fraction of sp³-hybridized carbons (Fsp3) is 0.263. The molecule has 3 rings (SSSR count). The van der Waals surface area contributed by atoms with E-state index in [0.717, 1.165) is 12.1 Å². The Bertz CT molecular complexity index is 1230. The average molecular weight is 520 g/mol. The summed E-state index contributed by atoms with van der Waals surface area (Å²) < 4.78 is 138. The van der Waals surface area contributed by atoms with E-state index in [1.807, 2.05) is 36.7 Å². The van der Waals surface area contributed by atoms with Crippen LogP contribution >= 0.6 is 0 Å². The van der Waals surface area contributed by atoms with Gasteiger partial charge in [-0.3, -0.25) is 0 Å². The van der Waals surface area contributed by atoms with E-state index in [9.17, 15) is 52.5 Å². The molecule has 2 aromatic carbocycles. The molecule has 0 saturated carbocycles. The Balaban J connectivity index is 0.000000240. The standard InChI is InChI=1S/C15H13N2.C4HF9O3S/c1-2-6-13(7-3-1)12-17-11-10-16-14-8-4-5-9-15(14)17;5-1(6,3(9,10)11)2(7,8)4(12,13)17(14,15)16/h1-11H,12H2;(H,14,15,16)/q+1;/p-1. The first-order valence-electron chi connectivity index (χ1n) is 8.86. The molecule has 1 heterocycles. The number of rotatable bonds is 5. The fourth-order valence-electron chi connectivity index (χ4n) is 2.53. The maximum atomic E-state index is 12.2. The molecule has 0 aliphatic rings. The lowest BCUT2D eigenvalue weighted by Crippen LogP contribution is -2.63. The highest BCUT2D eigenvalue weighted by atomic mass is 32.2. The second-order valence-corrected chi connectivity index (χ2v) is 8.07. The minimum absolute atomic E-state index is 0.879. The highest BCUT2D eigenvalue weighted by molar-refractivity contribution is 7.86. The smallest absolute Gasteiger partial charge is 0.460 e. The highest BCUT2D eigenvalue weighted by Gasteiger charge is 2.83. The van der Waals surface area contributed by atoms with Crippen LogP contribution in [0.1, 0.15) is 5.56 Å². The van der Waals surface area contributed by atoms with Crippen LogP contribution in [0.5, 0.6) is 0 Å². The summed E-state index contributed by atoms with van der Waals surface area (Å²) in [4.78, 5) is 4.36. The van der Waals surface area contributed by atoms with E-state index in [-0.39, 0.29) is 0 Å². The van der Waals surface area contributed by atoms with Crippen LogP contribution in [0.15, 0.2) is 67.0 Å². The van der Waals surface area contributed by atoms with E-state index < -0.39 is 33.4 Å². The van der Waals surface area contributed by atoms with Gasteiger partial charge in [0.2, 0.25) is 5.52 Å². The maximum Gasteiger partial charge on any atom is 0.460 e. The third-order valence-electron chi connectivity index (χ3n) is 4.28. The molecule has 34 heavy (non-hydrogen) atoms. The normalized spacial score (nSPS) is 13.4. The Morgan fingerprint density at radius 1 is 0.794 bits per heavy atom. The van der Waals surface area contributed by atoms with Crippen LogP contribution < -0.4 is 4.57 Å². The molecule has 15 heteroatoms. The topological polar surface area (TPSA) is 74.0 Å². The van der Waals surface area contributed by atoms with Gasteiger partial charge < -0.3 is 4.55 Å². The molecule has 0 spiro atoms. The second-order valence-electron chi connectivity index (χ2n) is 6.65. The number of hydrogen-bond acceptors (Lipinski definition) is 4. The third-order valence-corrected chi connectivity index (χ3v) is 5.16.